The molecule has 1 rings (SSSR count). The van der Waals surface area contributed by atoms with Gasteiger partial charge in [-0.25, -0.2) is 0 Å². The van der Waals surface area contributed by atoms with Gasteiger partial charge >= 0.3 is 0 Å². The summed E-state index contributed by atoms with van der Waals surface area (Å²) in [6.07, 6.45) is -7.86. The maximum atomic E-state index is 9.75. The first-order chi connectivity index (χ1) is 8.96. The highest BCUT2D eigenvalue weighted by molar-refractivity contribution is 4.89. The number of ether oxygens (including phenoxy) is 3. The lowest BCUT2D eigenvalue weighted by Gasteiger charge is -2.41. The van der Waals surface area contributed by atoms with Gasteiger partial charge in [0.2, 0.25) is 0 Å². The average Bonchev–Trinajstić information content (AvgIpc) is 2.40. The number of aliphatic hydroxyl groups is 5. The summed E-state index contributed by atoms with van der Waals surface area (Å²) in [6, 6.07) is 0. The highest BCUT2D eigenvalue weighted by atomic mass is 16.7. The fraction of sp³-hybridized carbons (Fsp3) is 1.00. The van der Waals surface area contributed by atoms with E-state index in [-0.39, 0.29) is 6.61 Å². The predicted octanol–water partition coefficient (Wildman–Crippen LogP) is -2.80. The summed E-state index contributed by atoms with van der Waals surface area (Å²) >= 11 is 0. The van der Waals surface area contributed by atoms with E-state index < -0.39 is 49.5 Å². The van der Waals surface area contributed by atoms with Gasteiger partial charge in [-0.1, -0.05) is 0 Å². The molecule has 6 unspecified atom stereocenters. The topological polar surface area (TPSA) is 129 Å². The van der Waals surface area contributed by atoms with E-state index in [2.05, 4.69) is 0 Å². The molecule has 0 spiro atoms. The number of hydrogen-bond acceptors (Lipinski definition) is 8. The van der Waals surface area contributed by atoms with E-state index in [0.29, 0.717) is 0 Å². The van der Waals surface area contributed by atoms with Crippen LogP contribution >= 0.6 is 0 Å². The third kappa shape index (κ3) is 3.83. The van der Waals surface area contributed by atoms with Gasteiger partial charge in [-0.2, -0.15) is 0 Å². The minimum atomic E-state index is -1.49. The standard InChI is InChI=1S/C11H22O8/c1-5(6(3-12)17-2)18-11-10(16)9(15)8(14)7(4-13)19-11/h5-16H,3-4H2,1-2H3/t5?,6?,7-,8?,9?,10?,11?/m0/s1. The Morgan fingerprint density at radius 3 is 2.21 bits per heavy atom. The Kier molecular flexibility index (Phi) is 6.57. The molecule has 0 aromatic carbocycles. The van der Waals surface area contributed by atoms with Crippen molar-refractivity contribution in [3.05, 3.63) is 0 Å². The van der Waals surface area contributed by atoms with Gasteiger partial charge in [0.15, 0.2) is 6.29 Å². The van der Waals surface area contributed by atoms with E-state index in [1.165, 1.54) is 7.11 Å². The normalized spacial score (nSPS) is 39.0. The second kappa shape index (κ2) is 7.46. The van der Waals surface area contributed by atoms with Crippen molar-refractivity contribution in [3.63, 3.8) is 0 Å². The summed E-state index contributed by atoms with van der Waals surface area (Å²) in [5, 5.41) is 47.0. The highest BCUT2D eigenvalue weighted by Crippen LogP contribution is 2.23. The molecule has 1 heterocycles. The van der Waals surface area contributed by atoms with Crippen molar-refractivity contribution >= 4 is 0 Å². The van der Waals surface area contributed by atoms with E-state index in [0.717, 1.165) is 0 Å². The third-order valence-corrected chi connectivity index (χ3v) is 3.20. The molecule has 0 bridgehead atoms. The molecule has 5 N–H and O–H groups in total. The molecule has 0 saturated carbocycles. The van der Waals surface area contributed by atoms with Crippen LogP contribution in [0.2, 0.25) is 0 Å². The van der Waals surface area contributed by atoms with Crippen LogP contribution in [0.5, 0.6) is 0 Å². The molecule has 1 saturated heterocycles. The molecule has 0 aromatic rings. The number of methoxy groups -OCH3 is 1. The molecule has 8 heteroatoms. The Morgan fingerprint density at radius 2 is 1.74 bits per heavy atom. The van der Waals surface area contributed by atoms with E-state index in [1.807, 2.05) is 0 Å². The van der Waals surface area contributed by atoms with Crippen LogP contribution in [0, 0.1) is 0 Å². The summed E-state index contributed by atoms with van der Waals surface area (Å²) in [5.41, 5.74) is 0. The lowest BCUT2D eigenvalue weighted by molar-refractivity contribution is -0.316. The van der Waals surface area contributed by atoms with Crippen LogP contribution in [-0.4, -0.2) is 88.8 Å². The summed E-state index contributed by atoms with van der Waals surface area (Å²) in [5.74, 6) is 0. The van der Waals surface area contributed by atoms with Crippen molar-refractivity contribution in [2.75, 3.05) is 20.3 Å². The summed E-state index contributed by atoms with van der Waals surface area (Å²) in [6.45, 7) is 0.799. The largest absolute Gasteiger partial charge is 0.394 e. The molecule has 0 aliphatic carbocycles. The Balaban J connectivity index is 2.66. The van der Waals surface area contributed by atoms with Gasteiger partial charge in [0.05, 0.1) is 19.3 Å². The molecule has 7 atom stereocenters. The van der Waals surface area contributed by atoms with E-state index in [4.69, 9.17) is 24.4 Å². The molecule has 1 aliphatic rings. The summed E-state index contributed by atoms with van der Waals surface area (Å²) in [4.78, 5) is 0. The number of rotatable bonds is 6. The molecule has 0 radical (unpaired) electrons. The number of aliphatic hydroxyl groups excluding tert-OH is 5. The van der Waals surface area contributed by atoms with Crippen molar-refractivity contribution in [2.24, 2.45) is 0 Å². The zero-order chi connectivity index (χ0) is 14.6. The highest BCUT2D eigenvalue weighted by Gasteiger charge is 2.44. The molecule has 0 aromatic heterocycles. The summed E-state index contributed by atoms with van der Waals surface area (Å²) in [7, 11) is 1.40. The SMILES string of the molecule is COC(CO)C(C)OC1O[C@@H](CO)C(O)C(O)C1O. The lowest BCUT2D eigenvalue weighted by Crippen LogP contribution is -2.60. The van der Waals surface area contributed by atoms with Crippen molar-refractivity contribution in [1.82, 2.24) is 0 Å². The van der Waals surface area contributed by atoms with Gasteiger partial charge in [-0.15, -0.1) is 0 Å². The molecule has 19 heavy (non-hydrogen) atoms. The smallest absolute Gasteiger partial charge is 0.187 e. The first-order valence-corrected chi connectivity index (χ1v) is 6.05. The third-order valence-electron chi connectivity index (χ3n) is 3.20. The monoisotopic (exact) mass is 282 g/mol. The average molecular weight is 282 g/mol. The summed E-state index contributed by atoms with van der Waals surface area (Å²) < 4.78 is 15.5. The van der Waals surface area contributed by atoms with Gasteiger partial charge < -0.3 is 39.7 Å². The van der Waals surface area contributed by atoms with Gasteiger partial charge in [0.1, 0.15) is 30.5 Å². The maximum Gasteiger partial charge on any atom is 0.187 e. The maximum absolute atomic E-state index is 9.75. The van der Waals surface area contributed by atoms with Crippen LogP contribution in [0.25, 0.3) is 0 Å². The van der Waals surface area contributed by atoms with Crippen LogP contribution < -0.4 is 0 Å². The van der Waals surface area contributed by atoms with Gasteiger partial charge in [0, 0.05) is 7.11 Å². The van der Waals surface area contributed by atoms with Crippen molar-refractivity contribution < 1.29 is 39.7 Å². The Morgan fingerprint density at radius 1 is 1.11 bits per heavy atom. The van der Waals surface area contributed by atoms with Crippen LogP contribution in [0.3, 0.4) is 0 Å². The molecule has 0 amide bonds. The lowest BCUT2D eigenvalue weighted by atomic mass is 9.99. The number of hydrogen-bond donors (Lipinski definition) is 5. The first-order valence-electron chi connectivity index (χ1n) is 6.05. The van der Waals surface area contributed by atoms with Crippen LogP contribution in [-0.2, 0) is 14.2 Å². The Labute approximate surface area is 111 Å². The van der Waals surface area contributed by atoms with Crippen LogP contribution in [0.1, 0.15) is 6.92 Å². The minimum Gasteiger partial charge on any atom is -0.394 e. The zero-order valence-electron chi connectivity index (χ0n) is 10.9. The molecule has 114 valence electrons. The fourth-order valence-electron chi connectivity index (χ4n) is 1.89. The molecular formula is C11H22O8. The first kappa shape index (κ1) is 16.7. The fourth-order valence-corrected chi connectivity index (χ4v) is 1.89. The molecule has 8 nitrogen and oxygen atoms in total. The Bertz CT molecular complexity index is 257. The molecule has 1 aliphatic heterocycles. The van der Waals surface area contributed by atoms with E-state index >= 15 is 0 Å². The molecule has 1 fully saturated rings. The second-order valence-electron chi connectivity index (χ2n) is 4.50. The van der Waals surface area contributed by atoms with Crippen LogP contribution in [0.15, 0.2) is 0 Å². The van der Waals surface area contributed by atoms with Crippen molar-refractivity contribution in [2.45, 2.75) is 49.8 Å². The van der Waals surface area contributed by atoms with Gasteiger partial charge in [0.25, 0.3) is 0 Å². The predicted molar refractivity (Wildman–Crippen MR) is 62.2 cm³/mol. The van der Waals surface area contributed by atoms with Crippen molar-refractivity contribution in [3.8, 4) is 0 Å². The quantitative estimate of drug-likeness (QED) is 0.353. The van der Waals surface area contributed by atoms with E-state index in [1.54, 1.807) is 6.92 Å². The zero-order valence-corrected chi connectivity index (χ0v) is 10.9. The Hall–Kier alpha value is -0.320. The molecular weight excluding hydrogens is 260 g/mol. The van der Waals surface area contributed by atoms with E-state index in [9.17, 15) is 15.3 Å². The van der Waals surface area contributed by atoms with Gasteiger partial charge in [-0.05, 0) is 6.92 Å². The van der Waals surface area contributed by atoms with Crippen molar-refractivity contribution in [1.29, 1.82) is 0 Å². The minimum absolute atomic E-state index is 0.283. The van der Waals surface area contributed by atoms with Crippen LogP contribution in [0.4, 0.5) is 0 Å². The second-order valence-corrected chi connectivity index (χ2v) is 4.50. The van der Waals surface area contributed by atoms with Gasteiger partial charge in [-0.3, -0.25) is 0 Å².